The van der Waals surface area contributed by atoms with Gasteiger partial charge in [-0.15, -0.1) is 0 Å². The maximum Gasteiger partial charge on any atom is 0.326 e. The van der Waals surface area contributed by atoms with Gasteiger partial charge < -0.3 is 4.74 Å². The second kappa shape index (κ2) is 6.64. The van der Waals surface area contributed by atoms with Crippen LogP contribution in [0.2, 0.25) is 0 Å². The van der Waals surface area contributed by atoms with Gasteiger partial charge in [0.1, 0.15) is 12.4 Å². The number of hydrogen-bond acceptors (Lipinski definition) is 5. The van der Waals surface area contributed by atoms with Crippen LogP contribution in [0.1, 0.15) is 31.1 Å². The molecular formula is C18H12FNO5. The zero-order chi connectivity index (χ0) is 18.0. The normalized spacial score (nSPS) is 12.9. The Labute approximate surface area is 141 Å². The molecule has 2 aromatic rings. The van der Waals surface area contributed by atoms with Crippen molar-refractivity contribution in [3.05, 3.63) is 71.0 Å². The largest absolute Gasteiger partial charge is 0.456 e. The first-order valence-corrected chi connectivity index (χ1v) is 7.37. The van der Waals surface area contributed by atoms with Gasteiger partial charge in [-0.3, -0.25) is 24.1 Å². The van der Waals surface area contributed by atoms with E-state index in [2.05, 4.69) is 0 Å². The van der Waals surface area contributed by atoms with E-state index in [0.717, 1.165) is 17.0 Å². The predicted octanol–water partition coefficient (Wildman–Crippen LogP) is 1.85. The lowest BCUT2D eigenvalue weighted by molar-refractivity contribution is -0.142. The number of ketones is 1. The topological polar surface area (TPSA) is 80.8 Å². The molecule has 0 unspecified atom stereocenters. The summed E-state index contributed by atoms with van der Waals surface area (Å²) in [7, 11) is 0. The van der Waals surface area contributed by atoms with Crippen LogP contribution >= 0.6 is 0 Å². The van der Waals surface area contributed by atoms with Gasteiger partial charge in [0.05, 0.1) is 11.1 Å². The van der Waals surface area contributed by atoms with Crippen molar-refractivity contribution in [3.63, 3.8) is 0 Å². The molecule has 0 saturated carbocycles. The van der Waals surface area contributed by atoms with E-state index in [0.29, 0.717) is 0 Å². The van der Waals surface area contributed by atoms with Gasteiger partial charge in [0.2, 0.25) is 0 Å². The molecular weight excluding hydrogens is 329 g/mol. The number of nitrogens with zero attached hydrogens (tertiary/aromatic N) is 1. The molecule has 1 heterocycles. The summed E-state index contributed by atoms with van der Waals surface area (Å²) in [6.07, 6.45) is 0. The van der Waals surface area contributed by atoms with Crippen molar-refractivity contribution in [2.45, 2.75) is 0 Å². The molecule has 3 rings (SSSR count). The van der Waals surface area contributed by atoms with Crippen LogP contribution in [0.5, 0.6) is 0 Å². The summed E-state index contributed by atoms with van der Waals surface area (Å²) in [5.74, 6) is -3.05. The van der Waals surface area contributed by atoms with E-state index in [1.807, 2.05) is 0 Å². The highest BCUT2D eigenvalue weighted by Crippen LogP contribution is 2.22. The van der Waals surface area contributed by atoms with Crippen molar-refractivity contribution >= 4 is 23.6 Å². The average molecular weight is 341 g/mol. The van der Waals surface area contributed by atoms with Crippen molar-refractivity contribution < 1.29 is 28.3 Å². The molecule has 7 heteroatoms. The Balaban J connectivity index is 1.58. The first-order valence-electron chi connectivity index (χ1n) is 7.37. The number of hydrogen-bond donors (Lipinski definition) is 0. The molecule has 1 aliphatic heterocycles. The number of imide groups is 1. The molecule has 0 saturated heterocycles. The van der Waals surface area contributed by atoms with E-state index in [1.54, 1.807) is 12.1 Å². The highest BCUT2D eigenvalue weighted by molar-refractivity contribution is 6.22. The molecule has 0 N–H and O–H groups in total. The molecule has 0 atom stereocenters. The van der Waals surface area contributed by atoms with Crippen LogP contribution in [0.4, 0.5) is 4.39 Å². The van der Waals surface area contributed by atoms with E-state index < -0.39 is 42.5 Å². The molecule has 0 fully saturated rings. The fourth-order valence-electron chi connectivity index (χ4n) is 2.42. The summed E-state index contributed by atoms with van der Waals surface area (Å²) >= 11 is 0. The lowest BCUT2D eigenvalue weighted by atomic mass is 10.1. The molecule has 1 aliphatic rings. The van der Waals surface area contributed by atoms with E-state index in [1.165, 1.54) is 24.3 Å². The van der Waals surface area contributed by atoms with Crippen molar-refractivity contribution in [3.8, 4) is 0 Å². The zero-order valence-electron chi connectivity index (χ0n) is 12.9. The minimum absolute atomic E-state index is 0.190. The van der Waals surface area contributed by atoms with E-state index in [-0.39, 0.29) is 16.7 Å². The second-order valence-electron chi connectivity index (χ2n) is 5.33. The van der Waals surface area contributed by atoms with Gasteiger partial charge in [-0.2, -0.15) is 0 Å². The van der Waals surface area contributed by atoms with Crippen LogP contribution in [0.15, 0.2) is 48.5 Å². The van der Waals surface area contributed by atoms with Crippen LogP contribution < -0.4 is 0 Å². The lowest BCUT2D eigenvalue weighted by Gasteiger charge is -2.12. The van der Waals surface area contributed by atoms with Crippen LogP contribution in [-0.4, -0.2) is 41.6 Å². The van der Waals surface area contributed by atoms with Gasteiger partial charge in [-0.25, -0.2) is 4.39 Å². The minimum atomic E-state index is -0.884. The third kappa shape index (κ3) is 3.30. The second-order valence-corrected chi connectivity index (χ2v) is 5.33. The van der Waals surface area contributed by atoms with Gasteiger partial charge in [-0.05, 0) is 36.4 Å². The lowest BCUT2D eigenvalue weighted by Crippen LogP contribution is -2.36. The Morgan fingerprint density at radius 2 is 1.48 bits per heavy atom. The Morgan fingerprint density at radius 3 is 2.04 bits per heavy atom. The number of rotatable bonds is 5. The summed E-state index contributed by atoms with van der Waals surface area (Å²) in [4.78, 5) is 48.7. The molecule has 0 bridgehead atoms. The number of Topliss-reactive ketones (excluding diaryl/α,β-unsaturated/α-hetero) is 1. The first-order chi connectivity index (χ1) is 12.0. The SMILES string of the molecule is O=C(CN1C(=O)c2ccccc2C1=O)OCC(=O)c1ccc(F)cc1. The first kappa shape index (κ1) is 16.5. The Hall–Kier alpha value is -3.35. The van der Waals surface area contributed by atoms with Crippen molar-refractivity contribution in [1.82, 2.24) is 4.90 Å². The zero-order valence-corrected chi connectivity index (χ0v) is 12.9. The average Bonchev–Trinajstić information content (AvgIpc) is 2.86. The highest BCUT2D eigenvalue weighted by atomic mass is 19.1. The Kier molecular flexibility index (Phi) is 4.38. The Bertz CT molecular complexity index is 840. The van der Waals surface area contributed by atoms with Crippen LogP contribution in [-0.2, 0) is 9.53 Å². The molecule has 0 radical (unpaired) electrons. The fraction of sp³-hybridized carbons (Fsp3) is 0.111. The number of amides is 2. The van der Waals surface area contributed by atoms with Crippen molar-refractivity contribution in [2.24, 2.45) is 0 Å². The summed E-state index contributed by atoms with van der Waals surface area (Å²) in [5.41, 5.74) is 0.639. The van der Waals surface area contributed by atoms with E-state index >= 15 is 0 Å². The maximum atomic E-state index is 12.8. The molecule has 0 spiro atoms. The van der Waals surface area contributed by atoms with Crippen LogP contribution in [0.25, 0.3) is 0 Å². The summed E-state index contributed by atoms with van der Waals surface area (Å²) in [6.45, 7) is -1.14. The van der Waals surface area contributed by atoms with Crippen molar-refractivity contribution in [1.29, 1.82) is 0 Å². The number of esters is 1. The molecule has 0 aromatic heterocycles. The predicted molar refractivity (Wildman–Crippen MR) is 83.5 cm³/mol. The van der Waals surface area contributed by atoms with Crippen LogP contribution in [0.3, 0.4) is 0 Å². The Morgan fingerprint density at radius 1 is 0.920 bits per heavy atom. The molecule has 2 aromatic carbocycles. The van der Waals surface area contributed by atoms with Crippen molar-refractivity contribution in [2.75, 3.05) is 13.2 Å². The third-order valence-electron chi connectivity index (χ3n) is 3.70. The number of benzene rings is 2. The molecule has 2 amide bonds. The highest BCUT2D eigenvalue weighted by Gasteiger charge is 2.36. The molecule has 6 nitrogen and oxygen atoms in total. The number of ether oxygens (including phenoxy) is 1. The monoisotopic (exact) mass is 341 g/mol. The number of carbonyl (C=O) groups excluding carboxylic acids is 4. The van der Waals surface area contributed by atoms with Gasteiger partial charge >= 0.3 is 5.97 Å². The molecule has 0 aliphatic carbocycles. The number of fused-ring (bicyclic) bond motifs is 1. The summed E-state index contributed by atoms with van der Waals surface area (Å²) in [6, 6.07) is 11.0. The van der Waals surface area contributed by atoms with Crippen LogP contribution in [0, 0.1) is 5.82 Å². The van der Waals surface area contributed by atoms with Gasteiger partial charge in [0.15, 0.2) is 12.4 Å². The summed E-state index contributed by atoms with van der Waals surface area (Å²) in [5, 5.41) is 0. The maximum absolute atomic E-state index is 12.8. The third-order valence-corrected chi connectivity index (χ3v) is 3.70. The number of carbonyl (C=O) groups is 4. The van der Waals surface area contributed by atoms with Gasteiger partial charge in [-0.1, -0.05) is 12.1 Å². The van der Waals surface area contributed by atoms with E-state index in [9.17, 15) is 23.6 Å². The minimum Gasteiger partial charge on any atom is -0.456 e. The van der Waals surface area contributed by atoms with Gasteiger partial charge in [0.25, 0.3) is 11.8 Å². The number of halogens is 1. The smallest absolute Gasteiger partial charge is 0.326 e. The summed E-state index contributed by atoms with van der Waals surface area (Å²) < 4.78 is 17.6. The molecule has 126 valence electrons. The standard InChI is InChI=1S/C18H12FNO5/c19-12-7-5-11(6-8-12)15(21)10-25-16(22)9-20-17(23)13-3-1-2-4-14(13)18(20)24/h1-8H,9-10H2. The quantitative estimate of drug-likeness (QED) is 0.471. The fourth-order valence-corrected chi connectivity index (χ4v) is 2.42. The van der Waals surface area contributed by atoms with E-state index in [4.69, 9.17) is 4.74 Å². The molecule has 25 heavy (non-hydrogen) atoms. The van der Waals surface area contributed by atoms with Gasteiger partial charge in [0, 0.05) is 5.56 Å².